The number of methoxy groups -OCH3 is 1. The first-order valence-corrected chi connectivity index (χ1v) is 12.8. The molecular weight excluding hydrogens is 446 g/mol. The number of benzene rings is 1. The van der Waals surface area contributed by atoms with Crippen LogP contribution in [0.4, 0.5) is 0 Å². The second-order valence-corrected chi connectivity index (χ2v) is 10.5. The van der Waals surface area contributed by atoms with Crippen molar-refractivity contribution in [1.82, 2.24) is 13.9 Å². The molecule has 31 heavy (non-hydrogen) atoms. The van der Waals surface area contributed by atoms with Gasteiger partial charge in [-0.25, -0.2) is 21.6 Å². The van der Waals surface area contributed by atoms with E-state index in [1.165, 1.54) is 35.7 Å². The minimum Gasteiger partial charge on any atom is -0.481 e. The molecule has 1 N–H and O–H groups in total. The van der Waals surface area contributed by atoms with Gasteiger partial charge in [0.05, 0.1) is 18.3 Å². The lowest BCUT2D eigenvalue weighted by Crippen LogP contribution is -2.56. The predicted octanol–water partition coefficient (Wildman–Crippen LogP) is -0.514. The van der Waals surface area contributed by atoms with Gasteiger partial charge in [-0.1, -0.05) is 5.92 Å². The molecule has 0 bridgehead atoms. The van der Waals surface area contributed by atoms with Gasteiger partial charge in [0, 0.05) is 32.7 Å². The highest BCUT2D eigenvalue weighted by Crippen LogP contribution is 2.16. The lowest BCUT2D eigenvalue weighted by atomic mass is 10.2. The molecule has 1 fully saturated rings. The van der Waals surface area contributed by atoms with Gasteiger partial charge in [-0.3, -0.25) is 9.69 Å². The molecule has 1 unspecified atom stereocenters. The van der Waals surface area contributed by atoms with Crippen molar-refractivity contribution in [3.63, 3.8) is 0 Å². The maximum absolute atomic E-state index is 12.7. The van der Waals surface area contributed by atoms with Crippen LogP contribution in [-0.4, -0.2) is 90.7 Å². The number of carbonyl (C=O) groups is 1. The van der Waals surface area contributed by atoms with E-state index in [0.717, 1.165) is 6.26 Å². The van der Waals surface area contributed by atoms with Gasteiger partial charge in [-0.15, -0.1) is 5.92 Å². The fourth-order valence-corrected chi connectivity index (χ4v) is 4.89. The molecule has 10 nitrogen and oxygen atoms in total. The van der Waals surface area contributed by atoms with Crippen molar-refractivity contribution < 1.29 is 31.1 Å². The van der Waals surface area contributed by atoms with Crippen LogP contribution in [0.5, 0.6) is 5.75 Å². The molecule has 2 rings (SSSR count). The van der Waals surface area contributed by atoms with Crippen LogP contribution in [0.3, 0.4) is 0 Å². The van der Waals surface area contributed by atoms with Gasteiger partial charge in [0.15, 0.2) is 0 Å². The Bertz CT molecular complexity index is 1020. The molecule has 1 heterocycles. The Morgan fingerprint density at radius 2 is 1.74 bits per heavy atom. The smallest absolute Gasteiger partial charge is 0.324 e. The van der Waals surface area contributed by atoms with E-state index in [9.17, 15) is 21.6 Å². The van der Waals surface area contributed by atoms with Crippen LogP contribution >= 0.6 is 0 Å². The molecule has 1 aliphatic rings. The third-order valence-electron chi connectivity index (χ3n) is 4.74. The fourth-order valence-electron chi connectivity index (χ4n) is 3.02. The summed E-state index contributed by atoms with van der Waals surface area (Å²) in [7, 11) is -5.99. The first kappa shape index (κ1) is 25.1. The Balaban J connectivity index is 2.03. The number of carbonyl (C=O) groups excluding carboxylic acids is 1. The Morgan fingerprint density at radius 1 is 1.13 bits per heavy atom. The van der Waals surface area contributed by atoms with Crippen LogP contribution in [0.25, 0.3) is 0 Å². The molecule has 172 valence electrons. The highest BCUT2D eigenvalue weighted by atomic mass is 32.2. The van der Waals surface area contributed by atoms with Crippen LogP contribution < -0.4 is 9.46 Å². The van der Waals surface area contributed by atoms with Crippen LogP contribution in [0.1, 0.15) is 6.92 Å². The van der Waals surface area contributed by atoms with Crippen LogP contribution in [0.15, 0.2) is 29.2 Å². The van der Waals surface area contributed by atoms with E-state index in [-0.39, 0.29) is 44.2 Å². The van der Waals surface area contributed by atoms with Gasteiger partial charge in [0.25, 0.3) is 0 Å². The third kappa shape index (κ3) is 7.19. The van der Waals surface area contributed by atoms with Gasteiger partial charge in [-0.2, -0.15) is 4.31 Å². The minimum atomic E-state index is -3.89. The summed E-state index contributed by atoms with van der Waals surface area (Å²) < 4.78 is 62.6. The highest BCUT2D eigenvalue weighted by molar-refractivity contribution is 7.89. The van der Waals surface area contributed by atoms with Crippen LogP contribution in [0.2, 0.25) is 0 Å². The monoisotopic (exact) mass is 473 g/mol. The lowest BCUT2D eigenvalue weighted by Gasteiger charge is -2.36. The molecule has 1 atom stereocenters. The quantitative estimate of drug-likeness (QED) is 0.376. The number of ether oxygens (including phenoxy) is 2. The fraction of sp³-hybridized carbons (Fsp3) is 0.526. The van der Waals surface area contributed by atoms with E-state index < -0.39 is 32.1 Å². The SMILES string of the molecule is CC#CCOc1ccc(S(=O)(=O)NCC(C(=O)OC)N2CCN(S(C)(=O)=O)CC2)cc1. The molecule has 0 aromatic heterocycles. The minimum absolute atomic E-state index is 0.0203. The van der Waals surface area contributed by atoms with E-state index in [4.69, 9.17) is 9.47 Å². The number of nitrogens with zero attached hydrogens (tertiary/aromatic N) is 2. The molecule has 0 radical (unpaired) electrons. The van der Waals surface area contributed by atoms with Crippen molar-refractivity contribution in [1.29, 1.82) is 0 Å². The van der Waals surface area contributed by atoms with E-state index in [2.05, 4.69) is 16.6 Å². The average molecular weight is 474 g/mol. The van der Waals surface area contributed by atoms with Crippen LogP contribution in [-0.2, 0) is 29.6 Å². The molecule has 0 spiro atoms. The maximum Gasteiger partial charge on any atom is 0.324 e. The number of hydrogen-bond acceptors (Lipinski definition) is 8. The zero-order chi connectivity index (χ0) is 23.1. The maximum atomic E-state index is 12.7. The summed E-state index contributed by atoms with van der Waals surface area (Å²) in [5.74, 6) is 5.32. The average Bonchev–Trinajstić information content (AvgIpc) is 2.74. The van der Waals surface area contributed by atoms with E-state index in [1.54, 1.807) is 11.8 Å². The number of esters is 1. The summed E-state index contributed by atoms with van der Waals surface area (Å²) in [5, 5.41) is 0. The number of nitrogens with one attached hydrogen (secondary N) is 1. The summed E-state index contributed by atoms with van der Waals surface area (Å²) in [6.07, 6.45) is 1.13. The van der Waals surface area contributed by atoms with Gasteiger partial charge >= 0.3 is 5.97 Å². The first-order chi connectivity index (χ1) is 14.6. The van der Waals surface area contributed by atoms with Crippen LogP contribution in [0, 0.1) is 11.8 Å². The lowest BCUT2D eigenvalue weighted by molar-refractivity contribution is -0.147. The van der Waals surface area contributed by atoms with Crippen molar-refractivity contribution in [2.24, 2.45) is 0 Å². The topological polar surface area (TPSA) is 122 Å². The Kier molecular flexibility index (Phi) is 8.84. The summed E-state index contributed by atoms with van der Waals surface area (Å²) >= 11 is 0. The first-order valence-electron chi connectivity index (χ1n) is 9.47. The standard InChI is InChI=1S/C19H27N3O7S2/c1-4-5-14-29-16-6-8-17(9-7-16)31(26,27)20-15-18(19(23)28-2)21-10-12-22(13-11-21)30(3,24)25/h6-9,18,20H,10-15H2,1-3H3. The van der Waals surface area contributed by atoms with Crippen molar-refractivity contribution in [3.05, 3.63) is 24.3 Å². The molecule has 0 aliphatic carbocycles. The second-order valence-electron chi connectivity index (χ2n) is 6.78. The van der Waals surface area contributed by atoms with Gasteiger partial charge in [0.2, 0.25) is 20.0 Å². The number of piperazine rings is 1. The number of sulfonamides is 2. The summed E-state index contributed by atoms with van der Waals surface area (Å²) in [5.41, 5.74) is 0. The summed E-state index contributed by atoms with van der Waals surface area (Å²) in [6, 6.07) is 4.96. The third-order valence-corrected chi connectivity index (χ3v) is 7.49. The summed E-state index contributed by atoms with van der Waals surface area (Å²) in [6.45, 7) is 2.67. The number of hydrogen-bond donors (Lipinski definition) is 1. The van der Waals surface area contributed by atoms with E-state index >= 15 is 0 Å². The Morgan fingerprint density at radius 3 is 2.26 bits per heavy atom. The molecular formula is C19H27N3O7S2. The molecule has 1 aliphatic heterocycles. The molecule has 0 amide bonds. The predicted molar refractivity (Wildman–Crippen MR) is 114 cm³/mol. The Hall–Kier alpha value is -2.17. The number of rotatable bonds is 9. The van der Waals surface area contributed by atoms with Gasteiger partial charge in [0.1, 0.15) is 18.4 Å². The van der Waals surface area contributed by atoms with Gasteiger partial charge in [-0.05, 0) is 31.2 Å². The van der Waals surface area contributed by atoms with Crippen molar-refractivity contribution in [2.75, 3.05) is 52.7 Å². The molecule has 1 saturated heterocycles. The van der Waals surface area contributed by atoms with Gasteiger partial charge < -0.3 is 9.47 Å². The molecule has 1 aromatic carbocycles. The highest BCUT2D eigenvalue weighted by Gasteiger charge is 2.33. The molecule has 1 aromatic rings. The van der Waals surface area contributed by atoms with Crippen molar-refractivity contribution in [2.45, 2.75) is 17.9 Å². The summed E-state index contributed by atoms with van der Waals surface area (Å²) in [4.78, 5) is 14.0. The molecule has 12 heteroatoms. The molecule has 0 saturated carbocycles. The van der Waals surface area contributed by atoms with Crippen molar-refractivity contribution >= 4 is 26.0 Å². The zero-order valence-electron chi connectivity index (χ0n) is 17.7. The zero-order valence-corrected chi connectivity index (χ0v) is 19.3. The van der Waals surface area contributed by atoms with E-state index in [0.29, 0.717) is 5.75 Å². The Labute approximate surface area is 183 Å². The van der Waals surface area contributed by atoms with Crippen molar-refractivity contribution in [3.8, 4) is 17.6 Å². The largest absolute Gasteiger partial charge is 0.481 e. The normalized spacial score (nSPS) is 16.7. The van der Waals surface area contributed by atoms with E-state index in [1.807, 2.05) is 0 Å². The second kappa shape index (κ2) is 10.9.